The molecule has 0 amide bonds. The molecular formula is C27H20NO2. The topological polar surface area (TPSA) is 31.4 Å². The highest BCUT2D eigenvalue weighted by Crippen LogP contribution is 2.38. The van der Waals surface area contributed by atoms with Crippen LogP contribution < -0.4 is 9.47 Å². The lowest BCUT2D eigenvalue weighted by molar-refractivity contribution is 0.0838. The van der Waals surface area contributed by atoms with Gasteiger partial charge in [0.1, 0.15) is 17.2 Å². The van der Waals surface area contributed by atoms with Crippen LogP contribution in [0.2, 0.25) is 0 Å². The summed E-state index contributed by atoms with van der Waals surface area (Å²) in [6.45, 7) is 3.94. The number of para-hydroxylation sites is 3. The number of fused-ring (bicyclic) bond motifs is 1. The molecule has 4 rings (SSSR count). The molecule has 0 spiro atoms. The van der Waals surface area contributed by atoms with Crippen molar-refractivity contribution in [3.63, 3.8) is 0 Å². The van der Waals surface area contributed by atoms with Crippen LogP contribution in [0.3, 0.4) is 0 Å². The lowest BCUT2D eigenvalue weighted by atomic mass is 9.91. The normalized spacial score (nSPS) is 12.7. The Morgan fingerprint density at radius 3 is 2.13 bits per heavy atom. The number of ether oxygens (including phenoxy) is 2. The van der Waals surface area contributed by atoms with Gasteiger partial charge in [0.25, 0.3) is 5.60 Å². The van der Waals surface area contributed by atoms with Crippen LogP contribution in [-0.4, -0.2) is 4.98 Å². The molecule has 0 aliphatic carbocycles. The first-order chi connectivity index (χ1) is 14.7. The molecular weight excluding hydrogens is 370 g/mol. The third-order valence-corrected chi connectivity index (χ3v) is 4.68. The summed E-state index contributed by atoms with van der Waals surface area (Å²) in [6, 6.07) is 30.4. The molecule has 145 valence electrons. The zero-order valence-corrected chi connectivity index (χ0v) is 16.4. The first-order valence-electron chi connectivity index (χ1n) is 9.56. The number of rotatable bonds is 7. The van der Waals surface area contributed by atoms with Gasteiger partial charge in [-0.3, -0.25) is 0 Å². The number of terminal acetylenes is 1. The van der Waals surface area contributed by atoms with E-state index in [9.17, 15) is 0 Å². The molecule has 0 aliphatic rings. The van der Waals surface area contributed by atoms with E-state index in [0.717, 1.165) is 10.9 Å². The maximum Gasteiger partial charge on any atom is 0.258 e. The molecule has 0 N–H and O–H groups in total. The quantitative estimate of drug-likeness (QED) is 0.366. The third kappa shape index (κ3) is 3.76. The Bertz CT molecular complexity index is 1180. The summed E-state index contributed by atoms with van der Waals surface area (Å²) >= 11 is 0. The zero-order valence-electron chi connectivity index (χ0n) is 16.4. The third-order valence-electron chi connectivity index (χ3n) is 4.68. The van der Waals surface area contributed by atoms with Crippen molar-refractivity contribution < 1.29 is 9.47 Å². The van der Waals surface area contributed by atoms with Crippen LogP contribution in [0.4, 0.5) is 0 Å². The molecule has 3 aromatic carbocycles. The Morgan fingerprint density at radius 2 is 1.47 bits per heavy atom. The van der Waals surface area contributed by atoms with Crippen molar-refractivity contribution in [1.82, 2.24) is 4.98 Å². The molecule has 1 heterocycles. The molecule has 1 radical (unpaired) electrons. The van der Waals surface area contributed by atoms with Crippen molar-refractivity contribution in [2.45, 2.75) is 5.60 Å². The van der Waals surface area contributed by atoms with Crippen LogP contribution in [0.5, 0.6) is 11.5 Å². The van der Waals surface area contributed by atoms with Gasteiger partial charge in [-0.05, 0) is 48.4 Å². The van der Waals surface area contributed by atoms with Gasteiger partial charge in [-0.2, -0.15) is 0 Å². The highest BCUT2D eigenvalue weighted by molar-refractivity contribution is 5.78. The van der Waals surface area contributed by atoms with Crippen LogP contribution in [0.25, 0.3) is 10.9 Å². The smallest absolute Gasteiger partial charge is 0.258 e. The van der Waals surface area contributed by atoms with E-state index in [-0.39, 0.29) is 0 Å². The van der Waals surface area contributed by atoms with Gasteiger partial charge in [0, 0.05) is 5.39 Å². The van der Waals surface area contributed by atoms with E-state index in [4.69, 9.17) is 20.9 Å². The highest BCUT2D eigenvalue weighted by atomic mass is 16.6. The largest absolute Gasteiger partial charge is 0.473 e. The molecule has 1 atom stereocenters. The second-order valence-corrected chi connectivity index (χ2v) is 6.61. The van der Waals surface area contributed by atoms with E-state index < -0.39 is 5.60 Å². The van der Waals surface area contributed by atoms with E-state index >= 15 is 0 Å². The first-order valence-corrected chi connectivity index (χ1v) is 9.56. The number of nitrogens with zero attached hydrogens (tertiary/aromatic N) is 1. The first kappa shape index (κ1) is 19.3. The Morgan fingerprint density at radius 1 is 0.833 bits per heavy atom. The molecule has 0 fully saturated rings. The maximum absolute atomic E-state index is 6.38. The van der Waals surface area contributed by atoms with Crippen LogP contribution in [0.1, 0.15) is 5.69 Å². The Hall–Kier alpha value is -4.03. The fourth-order valence-electron chi connectivity index (χ4n) is 3.20. The summed E-state index contributed by atoms with van der Waals surface area (Å²) in [6.07, 6.45) is 8.04. The van der Waals surface area contributed by atoms with E-state index in [1.165, 1.54) is 0 Å². The van der Waals surface area contributed by atoms with Gasteiger partial charge in [0.15, 0.2) is 0 Å². The van der Waals surface area contributed by atoms with E-state index in [1.54, 1.807) is 6.08 Å². The molecule has 0 saturated carbocycles. The summed E-state index contributed by atoms with van der Waals surface area (Å²) in [5, 5.41) is 1.01. The lowest BCUT2D eigenvalue weighted by Crippen LogP contribution is -2.41. The predicted molar refractivity (Wildman–Crippen MR) is 120 cm³/mol. The van der Waals surface area contributed by atoms with Crippen molar-refractivity contribution in [2.75, 3.05) is 0 Å². The summed E-state index contributed by atoms with van der Waals surface area (Å²) in [5.74, 6) is 4.03. The van der Waals surface area contributed by atoms with Gasteiger partial charge in [-0.1, -0.05) is 67.2 Å². The van der Waals surface area contributed by atoms with Crippen LogP contribution in [0.15, 0.2) is 110 Å². The number of pyridine rings is 1. The Balaban J connectivity index is 1.85. The number of hydrogen-bond acceptors (Lipinski definition) is 3. The number of benzene rings is 3. The highest BCUT2D eigenvalue weighted by Gasteiger charge is 2.45. The average molecular weight is 390 g/mol. The minimum Gasteiger partial charge on any atom is -0.473 e. The van der Waals surface area contributed by atoms with E-state index in [2.05, 4.69) is 12.5 Å². The molecule has 4 aromatic rings. The minimum absolute atomic E-state index is 0.364. The molecule has 30 heavy (non-hydrogen) atoms. The summed E-state index contributed by atoms with van der Waals surface area (Å²) in [7, 11) is 0. The van der Waals surface area contributed by atoms with Gasteiger partial charge < -0.3 is 9.47 Å². The van der Waals surface area contributed by atoms with Crippen LogP contribution in [0, 0.1) is 18.4 Å². The predicted octanol–water partition coefficient (Wildman–Crippen LogP) is 5.94. The maximum atomic E-state index is 6.38. The summed E-state index contributed by atoms with van der Waals surface area (Å²) in [4.78, 5) is 4.81. The molecule has 0 saturated heterocycles. The van der Waals surface area contributed by atoms with Crippen LogP contribution in [-0.2, 0) is 5.60 Å². The second kappa shape index (κ2) is 8.55. The molecule has 0 aliphatic heterocycles. The van der Waals surface area contributed by atoms with Crippen molar-refractivity contribution >= 4 is 10.9 Å². The van der Waals surface area contributed by atoms with Crippen molar-refractivity contribution in [3.8, 4) is 23.8 Å². The number of aromatic nitrogens is 1. The Kier molecular flexibility index (Phi) is 5.50. The molecule has 3 heteroatoms. The standard InChI is InChI=1S/C27H20NO2/c1-3-26(29-22-14-7-5-8-15-22)27(4-2,30-23-16-9-6-10-17-23)25-20-19-21-13-11-12-18-24(21)28-25/h2-3,5-20H,1H2. The number of hydrogen-bond donors (Lipinski definition) is 0. The molecule has 1 aromatic heterocycles. The van der Waals surface area contributed by atoms with E-state index in [1.807, 2.05) is 97.1 Å². The monoisotopic (exact) mass is 390 g/mol. The van der Waals surface area contributed by atoms with Gasteiger partial charge in [0.05, 0.1) is 5.52 Å². The Labute approximate surface area is 176 Å². The van der Waals surface area contributed by atoms with Gasteiger partial charge >= 0.3 is 0 Å². The summed E-state index contributed by atoms with van der Waals surface area (Å²) < 4.78 is 12.5. The summed E-state index contributed by atoms with van der Waals surface area (Å²) in [5.41, 5.74) is -0.0454. The van der Waals surface area contributed by atoms with Gasteiger partial charge in [-0.15, -0.1) is 6.42 Å². The lowest BCUT2D eigenvalue weighted by Gasteiger charge is -2.33. The van der Waals surface area contributed by atoms with Gasteiger partial charge in [-0.25, -0.2) is 4.98 Å². The zero-order chi connectivity index (χ0) is 20.8. The van der Waals surface area contributed by atoms with Crippen molar-refractivity contribution in [3.05, 3.63) is 122 Å². The molecule has 0 bridgehead atoms. The van der Waals surface area contributed by atoms with Crippen LogP contribution >= 0.6 is 0 Å². The fraction of sp³-hybridized carbons (Fsp3) is 0.0370. The fourth-order valence-corrected chi connectivity index (χ4v) is 3.20. The average Bonchev–Trinajstić information content (AvgIpc) is 2.82. The van der Waals surface area contributed by atoms with Crippen molar-refractivity contribution in [2.24, 2.45) is 0 Å². The SMILES string of the molecule is C#CC(Oc1ccccc1)([C](C=C)Oc1ccccc1)c1ccc2ccccc2n1. The molecule has 3 nitrogen and oxygen atoms in total. The van der Waals surface area contributed by atoms with E-state index in [0.29, 0.717) is 23.3 Å². The molecule has 1 unspecified atom stereocenters. The second-order valence-electron chi connectivity index (χ2n) is 6.61. The van der Waals surface area contributed by atoms with Gasteiger partial charge in [0.2, 0.25) is 6.10 Å². The minimum atomic E-state index is -1.40. The van der Waals surface area contributed by atoms with Crippen molar-refractivity contribution in [1.29, 1.82) is 0 Å².